The summed E-state index contributed by atoms with van der Waals surface area (Å²) in [6, 6.07) is 8.36. The van der Waals surface area contributed by atoms with Crippen LogP contribution in [0.1, 0.15) is 25.7 Å². The fourth-order valence-electron chi connectivity index (χ4n) is 4.25. The zero-order valence-corrected chi connectivity index (χ0v) is 16.5. The Bertz CT molecular complexity index is 627. The van der Waals surface area contributed by atoms with E-state index >= 15 is 0 Å². The van der Waals surface area contributed by atoms with Crippen LogP contribution in [-0.2, 0) is 19.0 Å². The van der Waals surface area contributed by atoms with E-state index in [1.807, 2.05) is 12.1 Å². The fourth-order valence-corrected chi connectivity index (χ4v) is 4.25. The topological polar surface area (TPSA) is 63.3 Å². The van der Waals surface area contributed by atoms with Gasteiger partial charge in [-0.2, -0.15) is 0 Å². The molecule has 3 aliphatic heterocycles. The van der Waals surface area contributed by atoms with Crippen molar-refractivity contribution >= 4 is 17.3 Å². The van der Waals surface area contributed by atoms with Crippen LogP contribution in [0.15, 0.2) is 24.3 Å². The van der Waals surface area contributed by atoms with Gasteiger partial charge in [0.15, 0.2) is 6.29 Å². The molecule has 0 saturated carbocycles. The quantitative estimate of drug-likeness (QED) is 0.804. The van der Waals surface area contributed by atoms with E-state index in [2.05, 4.69) is 27.2 Å². The molecule has 7 nitrogen and oxygen atoms in total. The van der Waals surface area contributed by atoms with Gasteiger partial charge < -0.3 is 24.4 Å². The lowest BCUT2D eigenvalue weighted by Gasteiger charge is -2.37. The molecule has 0 bridgehead atoms. The lowest BCUT2D eigenvalue weighted by molar-refractivity contribution is -0.120. The first-order chi connectivity index (χ1) is 13.8. The SMILES string of the molecule is O=C(CCN1CCCCC1C1OCCO1)Nc1ccc(N2CCOCC2)cc1. The largest absolute Gasteiger partial charge is 0.378 e. The smallest absolute Gasteiger partial charge is 0.225 e. The normalized spacial score (nSPS) is 24.4. The molecule has 0 radical (unpaired) electrons. The molecule has 7 heteroatoms. The van der Waals surface area contributed by atoms with Crippen LogP contribution in [0.3, 0.4) is 0 Å². The van der Waals surface area contributed by atoms with Crippen LogP contribution in [0, 0.1) is 0 Å². The highest BCUT2D eigenvalue weighted by atomic mass is 16.7. The number of likely N-dealkylation sites (tertiary alicyclic amines) is 1. The predicted octanol–water partition coefficient (Wildman–Crippen LogP) is 2.08. The van der Waals surface area contributed by atoms with Crippen molar-refractivity contribution in [2.45, 2.75) is 38.0 Å². The van der Waals surface area contributed by atoms with E-state index in [1.165, 1.54) is 18.5 Å². The van der Waals surface area contributed by atoms with Gasteiger partial charge in [0.05, 0.1) is 32.5 Å². The summed E-state index contributed by atoms with van der Waals surface area (Å²) in [7, 11) is 0. The number of hydrogen-bond donors (Lipinski definition) is 1. The monoisotopic (exact) mass is 389 g/mol. The molecule has 3 aliphatic rings. The van der Waals surface area contributed by atoms with Crippen molar-refractivity contribution in [2.75, 3.05) is 62.8 Å². The molecule has 1 aromatic carbocycles. The molecular formula is C21H31N3O4. The van der Waals surface area contributed by atoms with Crippen LogP contribution in [0.2, 0.25) is 0 Å². The van der Waals surface area contributed by atoms with Crippen LogP contribution >= 0.6 is 0 Å². The van der Waals surface area contributed by atoms with E-state index in [-0.39, 0.29) is 18.2 Å². The molecule has 3 heterocycles. The Morgan fingerprint density at radius 1 is 1.00 bits per heavy atom. The molecule has 1 atom stereocenters. The first kappa shape index (κ1) is 19.6. The average Bonchev–Trinajstić information content (AvgIpc) is 3.28. The minimum Gasteiger partial charge on any atom is -0.378 e. The maximum absolute atomic E-state index is 12.4. The van der Waals surface area contributed by atoms with E-state index in [1.54, 1.807) is 0 Å². The van der Waals surface area contributed by atoms with Crippen LogP contribution in [0.25, 0.3) is 0 Å². The number of piperidine rings is 1. The number of carbonyl (C=O) groups excluding carboxylic acids is 1. The number of rotatable bonds is 6. The summed E-state index contributed by atoms with van der Waals surface area (Å²) in [6.07, 6.45) is 3.81. The van der Waals surface area contributed by atoms with E-state index in [4.69, 9.17) is 14.2 Å². The minimum atomic E-state index is -0.129. The third-order valence-electron chi connectivity index (χ3n) is 5.78. The summed E-state index contributed by atoms with van der Waals surface area (Å²) in [4.78, 5) is 17.1. The molecule has 1 unspecified atom stereocenters. The Kier molecular flexibility index (Phi) is 6.80. The lowest BCUT2D eigenvalue weighted by atomic mass is 10.0. The van der Waals surface area contributed by atoms with Gasteiger partial charge >= 0.3 is 0 Å². The summed E-state index contributed by atoms with van der Waals surface area (Å²) >= 11 is 0. The van der Waals surface area contributed by atoms with Gasteiger partial charge in [0.1, 0.15) is 0 Å². The van der Waals surface area contributed by atoms with E-state index in [9.17, 15) is 4.79 Å². The highest BCUT2D eigenvalue weighted by Gasteiger charge is 2.33. The maximum Gasteiger partial charge on any atom is 0.225 e. The van der Waals surface area contributed by atoms with E-state index in [0.717, 1.165) is 51.5 Å². The number of ether oxygens (including phenoxy) is 3. The lowest BCUT2D eigenvalue weighted by Crippen LogP contribution is -2.48. The molecule has 1 amide bonds. The van der Waals surface area contributed by atoms with E-state index < -0.39 is 0 Å². The average molecular weight is 389 g/mol. The standard InChI is InChI=1S/C21H31N3O4/c25-20(8-10-24-9-2-1-3-19(24)21-27-15-16-28-21)22-17-4-6-18(7-5-17)23-11-13-26-14-12-23/h4-7,19,21H,1-3,8-16H2,(H,22,25). The van der Waals surface area contributed by atoms with Crippen molar-refractivity contribution in [2.24, 2.45) is 0 Å². The van der Waals surface area contributed by atoms with Crippen molar-refractivity contribution in [1.82, 2.24) is 4.90 Å². The van der Waals surface area contributed by atoms with Gasteiger partial charge in [0, 0.05) is 37.4 Å². The molecule has 28 heavy (non-hydrogen) atoms. The second-order valence-electron chi connectivity index (χ2n) is 7.65. The zero-order chi connectivity index (χ0) is 19.2. The number of benzene rings is 1. The Morgan fingerprint density at radius 3 is 2.50 bits per heavy atom. The molecule has 4 rings (SSSR count). The van der Waals surface area contributed by atoms with Crippen molar-refractivity contribution < 1.29 is 19.0 Å². The molecule has 0 aromatic heterocycles. The number of nitrogens with zero attached hydrogens (tertiary/aromatic N) is 2. The molecule has 3 saturated heterocycles. The number of morpholine rings is 1. The minimum absolute atomic E-state index is 0.0525. The third-order valence-corrected chi connectivity index (χ3v) is 5.78. The Morgan fingerprint density at radius 2 is 1.75 bits per heavy atom. The van der Waals surface area contributed by atoms with Gasteiger partial charge in [0.25, 0.3) is 0 Å². The molecular weight excluding hydrogens is 358 g/mol. The first-order valence-electron chi connectivity index (χ1n) is 10.5. The van der Waals surface area contributed by atoms with Gasteiger partial charge in [-0.15, -0.1) is 0 Å². The van der Waals surface area contributed by atoms with Gasteiger partial charge in [-0.05, 0) is 43.7 Å². The van der Waals surface area contributed by atoms with Gasteiger partial charge in [0.2, 0.25) is 5.91 Å². The highest BCUT2D eigenvalue weighted by Crippen LogP contribution is 2.24. The first-order valence-corrected chi connectivity index (χ1v) is 10.5. The molecule has 0 spiro atoms. The summed E-state index contributed by atoms with van der Waals surface area (Å²) in [6.45, 7) is 6.47. The summed E-state index contributed by atoms with van der Waals surface area (Å²) in [5, 5.41) is 3.02. The van der Waals surface area contributed by atoms with E-state index in [0.29, 0.717) is 19.6 Å². The molecule has 1 N–H and O–H groups in total. The van der Waals surface area contributed by atoms with Crippen molar-refractivity contribution in [3.63, 3.8) is 0 Å². The molecule has 154 valence electrons. The van der Waals surface area contributed by atoms with Gasteiger partial charge in [-0.1, -0.05) is 6.42 Å². The Labute approximate surface area is 166 Å². The predicted molar refractivity (Wildman–Crippen MR) is 108 cm³/mol. The van der Waals surface area contributed by atoms with Crippen molar-refractivity contribution in [1.29, 1.82) is 0 Å². The summed E-state index contributed by atoms with van der Waals surface area (Å²) in [5.41, 5.74) is 2.02. The number of hydrogen-bond acceptors (Lipinski definition) is 6. The molecule has 1 aromatic rings. The van der Waals surface area contributed by atoms with Gasteiger partial charge in [-0.3, -0.25) is 9.69 Å². The zero-order valence-electron chi connectivity index (χ0n) is 16.5. The maximum atomic E-state index is 12.4. The van der Waals surface area contributed by atoms with Crippen molar-refractivity contribution in [3.8, 4) is 0 Å². The molecule has 0 aliphatic carbocycles. The second-order valence-corrected chi connectivity index (χ2v) is 7.65. The summed E-state index contributed by atoms with van der Waals surface area (Å²) < 4.78 is 16.8. The Balaban J connectivity index is 1.25. The number of amides is 1. The number of anilines is 2. The Hall–Kier alpha value is -1.67. The van der Waals surface area contributed by atoms with Crippen molar-refractivity contribution in [3.05, 3.63) is 24.3 Å². The second kappa shape index (κ2) is 9.69. The third kappa shape index (κ3) is 5.03. The molecule has 3 fully saturated rings. The van der Waals surface area contributed by atoms with Crippen LogP contribution in [0.5, 0.6) is 0 Å². The van der Waals surface area contributed by atoms with Crippen LogP contribution in [-0.4, -0.2) is 75.7 Å². The number of nitrogens with one attached hydrogen (secondary N) is 1. The highest BCUT2D eigenvalue weighted by molar-refractivity contribution is 5.91. The van der Waals surface area contributed by atoms with Gasteiger partial charge in [-0.25, -0.2) is 0 Å². The summed E-state index contributed by atoms with van der Waals surface area (Å²) in [5.74, 6) is 0.0525. The fraction of sp³-hybridized carbons (Fsp3) is 0.667. The number of carbonyl (C=O) groups is 1. The van der Waals surface area contributed by atoms with Crippen LogP contribution in [0.4, 0.5) is 11.4 Å². The van der Waals surface area contributed by atoms with Crippen LogP contribution < -0.4 is 10.2 Å².